The van der Waals surface area contributed by atoms with Crippen LogP contribution in [-0.4, -0.2) is 57.8 Å². The van der Waals surface area contributed by atoms with E-state index >= 15 is 0 Å². The summed E-state index contributed by atoms with van der Waals surface area (Å²) >= 11 is 0. The Hall–Kier alpha value is -2.41. The number of aromatic nitrogens is 2. The van der Waals surface area contributed by atoms with Crippen LogP contribution in [-0.2, 0) is 0 Å². The second-order valence-electron chi connectivity index (χ2n) is 12.3. The van der Waals surface area contributed by atoms with Gasteiger partial charge in [-0.2, -0.15) is 0 Å². The van der Waals surface area contributed by atoms with E-state index in [0.717, 1.165) is 43.7 Å². The van der Waals surface area contributed by atoms with Gasteiger partial charge in [0.15, 0.2) is 0 Å². The van der Waals surface area contributed by atoms with Gasteiger partial charge in [0.2, 0.25) is 0 Å². The lowest BCUT2D eigenvalue weighted by molar-refractivity contribution is -0.0503. The monoisotopic (exact) mass is 477 g/mol. The number of rotatable bonds is 6. The van der Waals surface area contributed by atoms with Gasteiger partial charge in [0.1, 0.15) is 17.0 Å². The summed E-state index contributed by atoms with van der Waals surface area (Å²) in [6.07, 6.45) is 11.9. The highest BCUT2D eigenvalue weighted by atomic mass is 16.2. The summed E-state index contributed by atoms with van der Waals surface area (Å²) in [4.78, 5) is 33.1. The summed E-state index contributed by atoms with van der Waals surface area (Å²) in [5.74, 6) is 2.49. The van der Waals surface area contributed by atoms with E-state index in [4.69, 9.17) is 0 Å². The number of hydrogen-bond donors (Lipinski definition) is 2. The molecule has 1 atom stereocenters. The molecule has 4 aliphatic carbocycles. The predicted molar refractivity (Wildman–Crippen MR) is 135 cm³/mol. The molecule has 0 radical (unpaired) electrons. The Kier molecular flexibility index (Phi) is 5.86. The van der Waals surface area contributed by atoms with Gasteiger partial charge in [-0.05, 0) is 86.7 Å². The van der Waals surface area contributed by atoms with Gasteiger partial charge in [-0.3, -0.25) is 14.0 Å². The number of likely N-dealkylation sites (tertiary alicyclic amines) is 1. The zero-order valence-corrected chi connectivity index (χ0v) is 21.1. The number of imidazole rings is 1. The Morgan fingerprint density at radius 1 is 1.11 bits per heavy atom. The van der Waals surface area contributed by atoms with Crippen molar-refractivity contribution in [3.05, 3.63) is 35.8 Å². The zero-order valence-electron chi connectivity index (χ0n) is 21.1. The second kappa shape index (κ2) is 8.91. The van der Waals surface area contributed by atoms with Gasteiger partial charge >= 0.3 is 0 Å². The minimum atomic E-state index is -0.0677. The van der Waals surface area contributed by atoms with E-state index in [1.165, 1.54) is 38.5 Å². The number of fused-ring (bicyclic) bond motifs is 1. The van der Waals surface area contributed by atoms with Crippen molar-refractivity contribution in [2.24, 2.45) is 23.2 Å². The molecule has 2 aromatic rings. The highest BCUT2D eigenvalue weighted by Crippen LogP contribution is 2.59. The largest absolute Gasteiger partial charge is 0.350 e. The lowest BCUT2D eigenvalue weighted by Crippen LogP contribution is -2.51. The van der Waals surface area contributed by atoms with Crippen molar-refractivity contribution < 1.29 is 9.59 Å². The van der Waals surface area contributed by atoms with Crippen LogP contribution in [0.2, 0.25) is 0 Å². The lowest BCUT2D eigenvalue weighted by Gasteiger charge is -2.56. The minimum absolute atomic E-state index is 0.0520. The molecule has 7 nitrogen and oxygen atoms in total. The molecule has 0 aromatic carbocycles. The highest BCUT2D eigenvalue weighted by Gasteiger charge is 2.50. The normalized spacial score (nSPS) is 31.9. The van der Waals surface area contributed by atoms with Gasteiger partial charge < -0.3 is 15.5 Å². The van der Waals surface area contributed by atoms with Crippen molar-refractivity contribution in [3.63, 3.8) is 0 Å². The maximum absolute atomic E-state index is 13.3. The molecule has 188 valence electrons. The van der Waals surface area contributed by atoms with Gasteiger partial charge in [-0.25, -0.2) is 4.98 Å². The number of carbonyl (C=O) groups is 2. The van der Waals surface area contributed by atoms with E-state index in [0.29, 0.717) is 41.1 Å². The van der Waals surface area contributed by atoms with Crippen LogP contribution in [0, 0.1) is 23.2 Å². The molecule has 35 heavy (non-hydrogen) atoms. The molecular weight excluding hydrogens is 438 g/mol. The van der Waals surface area contributed by atoms with E-state index in [-0.39, 0.29) is 11.8 Å². The SMILES string of the molecule is CC(C)N[C@@H]1CCCN(C(=O)c2cn3c(C(=O)NCC45CC6CC(CC(C6)C4)C5)cccc3n2)C1. The molecule has 4 saturated carbocycles. The fourth-order valence-corrected chi connectivity index (χ4v) is 8.09. The molecule has 2 aromatic heterocycles. The van der Waals surface area contributed by atoms with Crippen molar-refractivity contribution in [1.29, 1.82) is 0 Å². The van der Waals surface area contributed by atoms with Gasteiger partial charge in [-0.15, -0.1) is 0 Å². The van der Waals surface area contributed by atoms with Crippen LogP contribution in [0.5, 0.6) is 0 Å². The maximum Gasteiger partial charge on any atom is 0.274 e. The average molecular weight is 478 g/mol. The van der Waals surface area contributed by atoms with Crippen molar-refractivity contribution in [1.82, 2.24) is 24.9 Å². The molecule has 1 aliphatic heterocycles. The number of nitrogens with one attached hydrogen (secondary N) is 2. The first-order valence-electron chi connectivity index (χ1n) is 13.7. The van der Waals surface area contributed by atoms with E-state index in [1.54, 1.807) is 10.6 Å². The smallest absolute Gasteiger partial charge is 0.274 e. The zero-order chi connectivity index (χ0) is 24.2. The number of carbonyl (C=O) groups excluding carboxylic acids is 2. The van der Waals surface area contributed by atoms with Gasteiger partial charge in [-0.1, -0.05) is 19.9 Å². The van der Waals surface area contributed by atoms with Crippen molar-refractivity contribution in [2.75, 3.05) is 19.6 Å². The Morgan fingerprint density at radius 3 is 2.51 bits per heavy atom. The molecule has 7 heteroatoms. The maximum atomic E-state index is 13.3. The number of piperidine rings is 1. The number of pyridine rings is 1. The first-order valence-corrected chi connectivity index (χ1v) is 13.7. The molecule has 1 saturated heterocycles. The average Bonchev–Trinajstić information content (AvgIpc) is 3.25. The summed E-state index contributed by atoms with van der Waals surface area (Å²) in [6, 6.07) is 6.27. The van der Waals surface area contributed by atoms with Crippen molar-refractivity contribution >= 4 is 17.5 Å². The molecule has 2 N–H and O–H groups in total. The molecular formula is C28H39N5O2. The van der Waals surface area contributed by atoms with Gasteiger partial charge in [0, 0.05) is 37.9 Å². The fourth-order valence-electron chi connectivity index (χ4n) is 8.09. The standard InChI is InChI=1S/C28H39N5O2/c1-18(2)30-22-5-4-8-32(15-22)27(35)23-16-33-24(6-3-7-25(33)31-23)26(34)29-17-28-12-19-9-20(13-28)11-21(10-19)14-28/h3,6-7,16,18-22,30H,4-5,8-15,17H2,1-2H3,(H,29,34)/t19?,20?,21?,22-,28?/m1/s1. The van der Waals surface area contributed by atoms with Crippen molar-refractivity contribution in [3.8, 4) is 0 Å². The summed E-state index contributed by atoms with van der Waals surface area (Å²) in [6.45, 7) is 6.49. The van der Waals surface area contributed by atoms with Crippen LogP contribution in [0.3, 0.4) is 0 Å². The van der Waals surface area contributed by atoms with Crippen LogP contribution >= 0.6 is 0 Å². The minimum Gasteiger partial charge on any atom is -0.350 e. The molecule has 0 spiro atoms. The summed E-state index contributed by atoms with van der Waals surface area (Å²) in [7, 11) is 0. The Morgan fingerprint density at radius 2 is 1.83 bits per heavy atom. The molecule has 5 fully saturated rings. The van der Waals surface area contributed by atoms with E-state index < -0.39 is 0 Å². The molecule has 0 unspecified atom stereocenters. The van der Waals surface area contributed by atoms with E-state index in [1.807, 2.05) is 23.1 Å². The van der Waals surface area contributed by atoms with Crippen LogP contribution in [0.1, 0.15) is 86.2 Å². The van der Waals surface area contributed by atoms with E-state index in [2.05, 4.69) is 29.5 Å². The summed E-state index contributed by atoms with van der Waals surface area (Å²) < 4.78 is 1.79. The summed E-state index contributed by atoms with van der Waals surface area (Å²) in [5.41, 5.74) is 1.90. The number of amides is 2. The van der Waals surface area contributed by atoms with Crippen LogP contribution < -0.4 is 10.6 Å². The van der Waals surface area contributed by atoms with Crippen LogP contribution in [0.4, 0.5) is 0 Å². The van der Waals surface area contributed by atoms with E-state index in [9.17, 15) is 9.59 Å². The van der Waals surface area contributed by atoms with Crippen LogP contribution in [0.25, 0.3) is 5.65 Å². The Labute approximate surface area is 208 Å². The third-order valence-corrected chi connectivity index (χ3v) is 9.01. The number of nitrogens with zero attached hydrogens (tertiary/aromatic N) is 3. The Balaban J connectivity index is 1.16. The topological polar surface area (TPSA) is 78.7 Å². The number of hydrogen-bond acceptors (Lipinski definition) is 4. The molecule has 2 amide bonds. The van der Waals surface area contributed by atoms with Gasteiger partial charge in [0.25, 0.3) is 11.8 Å². The van der Waals surface area contributed by atoms with Crippen molar-refractivity contribution in [2.45, 2.75) is 77.3 Å². The first kappa shape index (κ1) is 23.0. The highest BCUT2D eigenvalue weighted by molar-refractivity contribution is 5.95. The lowest BCUT2D eigenvalue weighted by atomic mass is 9.49. The molecule has 7 rings (SSSR count). The van der Waals surface area contributed by atoms with Gasteiger partial charge in [0.05, 0.1) is 0 Å². The second-order valence-corrected chi connectivity index (χ2v) is 12.3. The fraction of sp³-hybridized carbons (Fsp3) is 0.679. The third kappa shape index (κ3) is 4.48. The molecule has 5 aliphatic rings. The third-order valence-electron chi connectivity index (χ3n) is 9.01. The summed E-state index contributed by atoms with van der Waals surface area (Å²) in [5, 5.41) is 6.84. The Bertz CT molecular complexity index is 1090. The predicted octanol–water partition coefficient (Wildman–Crippen LogP) is 3.88. The first-order chi connectivity index (χ1) is 16.9. The molecule has 3 heterocycles. The van der Waals surface area contributed by atoms with Crippen LogP contribution in [0.15, 0.2) is 24.4 Å². The quantitative estimate of drug-likeness (QED) is 0.662. The molecule has 4 bridgehead atoms.